The van der Waals surface area contributed by atoms with Crippen molar-refractivity contribution in [3.8, 4) is 0 Å². The van der Waals surface area contributed by atoms with Gasteiger partial charge in [0.05, 0.1) is 6.61 Å². The number of hydrogen-bond acceptors (Lipinski definition) is 5. The van der Waals surface area contributed by atoms with Gasteiger partial charge < -0.3 is 22.3 Å². The van der Waals surface area contributed by atoms with Gasteiger partial charge in [0.15, 0.2) is 0 Å². The summed E-state index contributed by atoms with van der Waals surface area (Å²) in [6.07, 6.45) is 42.7. The number of aliphatic hydroxyl groups is 1. The van der Waals surface area contributed by atoms with Crippen LogP contribution in [0.25, 0.3) is 0 Å². The van der Waals surface area contributed by atoms with Crippen molar-refractivity contribution in [1.82, 2.24) is 4.90 Å². The standard InChI is InChI=1S/C43H79N2O4.ClH/c1-3-5-7-9-11-13-15-17-19-21-23-25-27-29-31-33-41(47)43-44(37-39-46)35-36-45(43)38-40-49-42(48)34-32-30-28-26-24-22-20-18-16-14-12-10-8-6-4-2;/h17-20,46H,3-16,21-40H2,1-2H3;1H/q+1;/p-1/b19-17+,20-18+;. The van der Waals surface area contributed by atoms with Gasteiger partial charge in [0, 0.05) is 12.8 Å². The van der Waals surface area contributed by atoms with Crippen LogP contribution in [0.15, 0.2) is 24.3 Å². The van der Waals surface area contributed by atoms with Crippen molar-refractivity contribution < 1.29 is 36.4 Å². The van der Waals surface area contributed by atoms with Crippen LogP contribution in [0.4, 0.5) is 0 Å². The summed E-state index contributed by atoms with van der Waals surface area (Å²) in [6.45, 7) is 7.35. The first-order chi connectivity index (χ1) is 24.1. The second kappa shape index (κ2) is 37.1. The van der Waals surface area contributed by atoms with Gasteiger partial charge in [-0.3, -0.25) is 19.1 Å². The van der Waals surface area contributed by atoms with Crippen LogP contribution in [-0.2, 0) is 14.3 Å². The SMILES string of the molecule is CCCCCCCC/C=C/CCCCCCCC(=O)OCCN1CC[N+](CCO)=C1C(=O)CCCCCCC/C=C/CCCCCCCC.[Cl-]. The maximum Gasteiger partial charge on any atom is 0.316 e. The average Bonchev–Trinajstić information content (AvgIpc) is 3.50. The van der Waals surface area contributed by atoms with Gasteiger partial charge in [-0.05, 0) is 64.2 Å². The number of rotatable bonds is 36. The number of ether oxygens (including phenoxy) is 1. The molecule has 0 amide bonds. The quantitative estimate of drug-likeness (QED) is 0.0308. The number of carbonyl (C=O) groups excluding carboxylic acids is 2. The van der Waals surface area contributed by atoms with Crippen molar-refractivity contribution >= 4 is 17.6 Å². The number of amidine groups is 1. The lowest BCUT2D eigenvalue weighted by atomic mass is 10.1. The van der Waals surface area contributed by atoms with E-state index in [2.05, 4.69) is 43.1 Å². The third kappa shape index (κ3) is 28.0. The largest absolute Gasteiger partial charge is 1.00 e. The summed E-state index contributed by atoms with van der Waals surface area (Å²) in [6, 6.07) is 0. The second-order valence-electron chi connectivity index (χ2n) is 14.3. The van der Waals surface area contributed by atoms with Crippen molar-refractivity contribution in [2.75, 3.05) is 39.4 Å². The van der Waals surface area contributed by atoms with Crippen molar-refractivity contribution in [1.29, 1.82) is 0 Å². The van der Waals surface area contributed by atoms with Gasteiger partial charge in [0.2, 0.25) is 5.78 Å². The summed E-state index contributed by atoms with van der Waals surface area (Å²) in [5.41, 5.74) is 0. The van der Waals surface area contributed by atoms with Crippen LogP contribution < -0.4 is 12.4 Å². The number of allylic oxidation sites excluding steroid dienone is 4. The Morgan fingerprint density at radius 3 is 1.52 bits per heavy atom. The summed E-state index contributed by atoms with van der Waals surface area (Å²) < 4.78 is 7.56. The van der Waals surface area contributed by atoms with E-state index in [1.807, 2.05) is 4.58 Å². The monoisotopic (exact) mass is 723 g/mol. The first-order valence-electron chi connectivity index (χ1n) is 21.1. The smallest absolute Gasteiger partial charge is 0.316 e. The van der Waals surface area contributed by atoms with Gasteiger partial charge in [-0.1, -0.05) is 141 Å². The third-order valence-corrected chi connectivity index (χ3v) is 9.79. The molecular formula is C43H79ClN2O4. The Bertz CT molecular complexity index is 888. The van der Waals surface area contributed by atoms with E-state index in [1.54, 1.807) is 0 Å². The number of nitrogens with zero attached hydrogens (tertiary/aromatic N) is 2. The first-order valence-corrected chi connectivity index (χ1v) is 21.1. The number of carbonyl (C=O) groups is 2. The van der Waals surface area contributed by atoms with E-state index < -0.39 is 0 Å². The van der Waals surface area contributed by atoms with Crippen molar-refractivity contribution in [2.45, 2.75) is 194 Å². The van der Waals surface area contributed by atoms with Crippen LogP contribution in [0.3, 0.4) is 0 Å². The fourth-order valence-corrected chi connectivity index (χ4v) is 6.71. The van der Waals surface area contributed by atoms with E-state index in [-0.39, 0.29) is 30.8 Å². The first kappa shape index (κ1) is 48.3. The molecule has 1 rings (SSSR count). The fraction of sp³-hybridized carbons (Fsp3) is 0.837. The minimum absolute atomic E-state index is 0. The number of aliphatic hydroxyl groups excluding tert-OH is 1. The van der Waals surface area contributed by atoms with Crippen molar-refractivity contribution in [3.05, 3.63) is 24.3 Å². The minimum Gasteiger partial charge on any atom is -1.00 e. The molecule has 1 heterocycles. The lowest BCUT2D eigenvalue weighted by Crippen LogP contribution is -3.00. The van der Waals surface area contributed by atoms with Crippen LogP contribution in [-0.4, -0.2) is 71.6 Å². The molecule has 1 N–H and O–H groups in total. The molecule has 0 unspecified atom stereocenters. The Kier molecular flexibility index (Phi) is 35.9. The van der Waals surface area contributed by atoms with E-state index in [0.29, 0.717) is 38.4 Å². The molecule has 0 aromatic rings. The molecule has 0 spiro atoms. The number of ketones is 1. The number of Topliss-reactive ketones (excluding diaryl/α,β-unsaturated/α-hetero) is 1. The summed E-state index contributed by atoms with van der Waals surface area (Å²) >= 11 is 0. The second-order valence-corrected chi connectivity index (χ2v) is 14.3. The molecule has 0 atom stereocenters. The molecule has 7 heteroatoms. The molecule has 0 aromatic carbocycles. The molecule has 1 aliphatic rings. The molecule has 0 aromatic heterocycles. The maximum absolute atomic E-state index is 13.2. The van der Waals surface area contributed by atoms with E-state index in [4.69, 9.17) is 4.74 Å². The zero-order chi connectivity index (χ0) is 35.5. The zero-order valence-electron chi connectivity index (χ0n) is 32.8. The summed E-state index contributed by atoms with van der Waals surface area (Å²) in [5, 5.41) is 9.55. The van der Waals surface area contributed by atoms with Gasteiger partial charge in [-0.2, -0.15) is 0 Å². The normalized spacial score (nSPS) is 13.2. The Morgan fingerprint density at radius 1 is 0.640 bits per heavy atom. The molecule has 1 aliphatic heterocycles. The molecule has 0 saturated carbocycles. The Morgan fingerprint density at radius 2 is 1.06 bits per heavy atom. The van der Waals surface area contributed by atoms with E-state index in [0.717, 1.165) is 38.8 Å². The predicted molar refractivity (Wildman–Crippen MR) is 209 cm³/mol. The van der Waals surface area contributed by atoms with Crippen LogP contribution in [0, 0.1) is 0 Å². The van der Waals surface area contributed by atoms with E-state index in [1.165, 1.54) is 141 Å². The molecule has 292 valence electrons. The summed E-state index contributed by atoms with van der Waals surface area (Å²) in [7, 11) is 0. The van der Waals surface area contributed by atoms with Crippen molar-refractivity contribution in [2.24, 2.45) is 0 Å². The highest BCUT2D eigenvalue weighted by Gasteiger charge is 2.35. The number of esters is 1. The number of hydrogen-bond donors (Lipinski definition) is 1. The van der Waals surface area contributed by atoms with Gasteiger partial charge in [0.1, 0.15) is 32.8 Å². The number of unbranched alkanes of at least 4 members (excludes halogenated alkanes) is 22. The van der Waals surface area contributed by atoms with Crippen molar-refractivity contribution in [3.63, 3.8) is 0 Å². The average molecular weight is 724 g/mol. The zero-order valence-corrected chi connectivity index (χ0v) is 33.6. The molecule has 0 fully saturated rings. The molecular weight excluding hydrogens is 644 g/mol. The van der Waals surface area contributed by atoms with Crippen LogP contribution >= 0.6 is 0 Å². The molecule has 0 radical (unpaired) electrons. The molecule has 50 heavy (non-hydrogen) atoms. The summed E-state index contributed by atoms with van der Waals surface area (Å²) in [5.74, 6) is 0.728. The molecule has 0 saturated heterocycles. The maximum atomic E-state index is 13.2. The molecule has 0 bridgehead atoms. The topological polar surface area (TPSA) is 69.8 Å². The van der Waals surface area contributed by atoms with Gasteiger partial charge >= 0.3 is 11.8 Å². The number of β-amino-alcohol motifs (C(OH)–C–C–N with tert-alkyl or cyclic N) is 1. The van der Waals surface area contributed by atoms with E-state index in [9.17, 15) is 14.7 Å². The van der Waals surface area contributed by atoms with Crippen LogP contribution in [0.2, 0.25) is 0 Å². The highest BCUT2D eigenvalue weighted by atomic mass is 35.5. The Labute approximate surface area is 315 Å². The fourth-order valence-electron chi connectivity index (χ4n) is 6.71. The van der Waals surface area contributed by atoms with E-state index >= 15 is 0 Å². The Hall–Kier alpha value is -1.66. The third-order valence-electron chi connectivity index (χ3n) is 9.79. The lowest BCUT2D eigenvalue weighted by molar-refractivity contribution is -0.519. The molecule has 0 aliphatic carbocycles. The highest BCUT2D eigenvalue weighted by Crippen LogP contribution is 2.13. The van der Waals surface area contributed by atoms with Crippen LogP contribution in [0.1, 0.15) is 194 Å². The number of halogens is 1. The predicted octanol–water partition coefficient (Wildman–Crippen LogP) is 7.90. The molecule has 6 nitrogen and oxygen atoms in total. The van der Waals surface area contributed by atoms with Gasteiger partial charge in [-0.25, -0.2) is 0 Å². The van der Waals surface area contributed by atoms with Gasteiger partial charge in [0.25, 0.3) is 0 Å². The van der Waals surface area contributed by atoms with Crippen LogP contribution in [0.5, 0.6) is 0 Å². The highest BCUT2D eigenvalue weighted by molar-refractivity contribution is 6.36. The van der Waals surface area contributed by atoms with Gasteiger partial charge in [-0.15, -0.1) is 0 Å². The Balaban J connectivity index is 0.0000240. The summed E-state index contributed by atoms with van der Waals surface area (Å²) in [4.78, 5) is 27.6. The lowest BCUT2D eigenvalue weighted by Gasteiger charge is -2.13. The minimum atomic E-state index is -0.134.